The number of benzene rings is 1. The third-order valence-electron chi connectivity index (χ3n) is 5.84. The summed E-state index contributed by atoms with van der Waals surface area (Å²) in [6.45, 7) is 11.0. The predicted molar refractivity (Wildman–Crippen MR) is 153 cm³/mol. The van der Waals surface area contributed by atoms with Crippen molar-refractivity contribution in [2.24, 2.45) is 5.92 Å². The average Bonchev–Trinajstić information content (AvgIpc) is 2.96. The van der Waals surface area contributed by atoms with Gasteiger partial charge in [-0.25, -0.2) is 0 Å². The number of aryl methyl sites for hydroxylation is 1. The van der Waals surface area contributed by atoms with Crippen LogP contribution in [0.5, 0.6) is 0 Å². The Labute approximate surface area is 246 Å². The first-order chi connectivity index (χ1) is 19.9. The number of ether oxygens (including phenoxy) is 7. The van der Waals surface area contributed by atoms with Gasteiger partial charge in [0.1, 0.15) is 6.61 Å². The molecule has 0 radical (unpaired) electrons. The molecule has 1 aromatic carbocycles. The van der Waals surface area contributed by atoms with Crippen LogP contribution < -0.4 is 0 Å². The molecule has 0 spiro atoms. The van der Waals surface area contributed by atoms with Crippen molar-refractivity contribution in [2.45, 2.75) is 51.3 Å². The van der Waals surface area contributed by atoms with Gasteiger partial charge >= 0.3 is 5.97 Å². The van der Waals surface area contributed by atoms with E-state index in [9.17, 15) is 13.2 Å². The van der Waals surface area contributed by atoms with Gasteiger partial charge in [-0.1, -0.05) is 44.4 Å². The molecule has 1 atom stereocenters. The summed E-state index contributed by atoms with van der Waals surface area (Å²) >= 11 is 0. The third-order valence-corrected chi connectivity index (χ3v) is 7.17. The zero-order valence-electron chi connectivity index (χ0n) is 25.0. The van der Waals surface area contributed by atoms with E-state index in [1.54, 1.807) is 12.1 Å². The lowest BCUT2D eigenvalue weighted by Gasteiger charge is -2.13. The standard InChI is InChI=1S/C29H50O11S/c1-4-6-7-27(5-2)29(30)39-24-22-37-20-18-35-16-14-33-12-13-34-15-17-36-19-21-38-23-25-40-41(31,32)28-10-8-26(3)9-11-28/h8-11,27H,4-7,12-25H2,1-3H3. The van der Waals surface area contributed by atoms with Crippen molar-refractivity contribution in [2.75, 3.05) is 92.5 Å². The minimum Gasteiger partial charge on any atom is -0.463 e. The van der Waals surface area contributed by atoms with Gasteiger partial charge in [0.05, 0.1) is 96.7 Å². The Morgan fingerprint density at radius 3 is 1.49 bits per heavy atom. The molecule has 0 aromatic heterocycles. The highest BCUT2D eigenvalue weighted by Crippen LogP contribution is 2.14. The molecule has 0 amide bonds. The molecular formula is C29H50O11S. The molecule has 11 nitrogen and oxygen atoms in total. The molecule has 12 heteroatoms. The van der Waals surface area contributed by atoms with E-state index in [0.717, 1.165) is 31.2 Å². The highest BCUT2D eigenvalue weighted by molar-refractivity contribution is 7.86. The summed E-state index contributed by atoms with van der Waals surface area (Å²) in [4.78, 5) is 12.1. The van der Waals surface area contributed by atoms with Crippen LogP contribution in [-0.4, -0.2) is 107 Å². The number of unbranched alkanes of at least 4 members (excludes halogenated alkanes) is 1. The smallest absolute Gasteiger partial charge is 0.308 e. The van der Waals surface area contributed by atoms with E-state index in [0.29, 0.717) is 72.7 Å². The maximum absolute atomic E-state index is 12.1. The van der Waals surface area contributed by atoms with E-state index in [-0.39, 0.29) is 36.6 Å². The Hall–Kier alpha value is -1.64. The second-order valence-electron chi connectivity index (χ2n) is 9.18. The maximum atomic E-state index is 12.1. The zero-order valence-corrected chi connectivity index (χ0v) is 25.8. The van der Waals surface area contributed by atoms with Crippen LogP contribution in [0.4, 0.5) is 0 Å². The van der Waals surface area contributed by atoms with Crippen LogP contribution >= 0.6 is 0 Å². The molecule has 0 aliphatic rings. The summed E-state index contributed by atoms with van der Waals surface area (Å²) in [5, 5.41) is 0. The van der Waals surface area contributed by atoms with Crippen molar-refractivity contribution < 1.29 is 50.6 Å². The summed E-state index contributed by atoms with van der Waals surface area (Å²) < 4.78 is 66.8. The van der Waals surface area contributed by atoms with Crippen molar-refractivity contribution in [3.63, 3.8) is 0 Å². The quantitative estimate of drug-likeness (QED) is 0.0790. The van der Waals surface area contributed by atoms with Crippen molar-refractivity contribution >= 4 is 16.1 Å². The monoisotopic (exact) mass is 606 g/mol. The van der Waals surface area contributed by atoms with Gasteiger partial charge in [-0.05, 0) is 31.9 Å². The fourth-order valence-corrected chi connectivity index (χ4v) is 4.33. The fourth-order valence-electron chi connectivity index (χ4n) is 3.44. The Morgan fingerprint density at radius 2 is 1.07 bits per heavy atom. The topological polar surface area (TPSA) is 125 Å². The molecule has 1 aromatic rings. The average molecular weight is 607 g/mol. The summed E-state index contributed by atoms with van der Waals surface area (Å²) in [6.07, 6.45) is 3.80. The normalized spacial score (nSPS) is 12.5. The number of rotatable bonds is 28. The molecule has 0 heterocycles. The van der Waals surface area contributed by atoms with Crippen molar-refractivity contribution in [3.8, 4) is 0 Å². The Morgan fingerprint density at radius 1 is 0.659 bits per heavy atom. The van der Waals surface area contributed by atoms with E-state index in [2.05, 4.69) is 6.92 Å². The molecule has 238 valence electrons. The lowest BCUT2D eigenvalue weighted by Crippen LogP contribution is -2.20. The molecular weight excluding hydrogens is 556 g/mol. The van der Waals surface area contributed by atoms with E-state index in [4.69, 9.17) is 37.3 Å². The Bertz CT molecular complexity index is 862. The number of carbonyl (C=O) groups is 1. The number of esters is 1. The Balaban J connectivity index is 1.79. The van der Waals surface area contributed by atoms with Crippen LogP contribution in [-0.2, 0) is 52.3 Å². The first-order valence-electron chi connectivity index (χ1n) is 14.5. The zero-order chi connectivity index (χ0) is 30.0. The molecule has 0 fully saturated rings. The predicted octanol–water partition coefficient (Wildman–Crippen LogP) is 3.56. The first-order valence-corrected chi connectivity index (χ1v) is 15.9. The molecule has 0 aliphatic carbocycles. The van der Waals surface area contributed by atoms with E-state index < -0.39 is 10.1 Å². The van der Waals surface area contributed by atoms with Crippen LogP contribution in [0.25, 0.3) is 0 Å². The van der Waals surface area contributed by atoms with Crippen LogP contribution in [0.1, 0.15) is 45.1 Å². The first kappa shape index (κ1) is 37.4. The molecule has 0 N–H and O–H groups in total. The second-order valence-corrected chi connectivity index (χ2v) is 10.8. The SMILES string of the molecule is CCCCC(CC)C(=O)OCCOCCOCCOCCOCCOCCOCCOS(=O)(=O)c1ccc(C)cc1. The maximum Gasteiger partial charge on any atom is 0.308 e. The Kier molecular flexibility index (Phi) is 22.7. The molecule has 41 heavy (non-hydrogen) atoms. The summed E-state index contributed by atoms with van der Waals surface area (Å²) in [7, 11) is -3.77. The molecule has 0 saturated carbocycles. The third kappa shape index (κ3) is 20.0. The van der Waals surface area contributed by atoms with Crippen molar-refractivity contribution in [3.05, 3.63) is 29.8 Å². The summed E-state index contributed by atoms with van der Waals surface area (Å²) in [6, 6.07) is 6.47. The number of hydrogen-bond acceptors (Lipinski definition) is 11. The van der Waals surface area contributed by atoms with Gasteiger partial charge in [-0.15, -0.1) is 0 Å². The minimum absolute atomic E-state index is 0.0123. The van der Waals surface area contributed by atoms with Crippen LogP contribution in [0, 0.1) is 12.8 Å². The van der Waals surface area contributed by atoms with Gasteiger partial charge in [-0.3, -0.25) is 8.98 Å². The molecule has 1 unspecified atom stereocenters. The molecule has 1 rings (SSSR count). The molecule has 0 aliphatic heterocycles. The van der Waals surface area contributed by atoms with Gasteiger partial charge in [-0.2, -0.15) is 8.42 Å². The van der Waals surface area contributed by atoms with E-state index in [1.807, 2.05) is 13.8 Å². The lowest BCUT2D eigenvalue weighted by atomic mass is 10.00. The van der Waals surface area contributed by atoms with Crippen LogP contribution in [0.2, 0.25) is 0 Å². The lowest BCUT2D eigenvalue weighted by molar-refractivity contribution is -0.150. The number of hydrogen-bond donors (Lipinski definition) is 0. The van der Waals surface area contributed by atoms with Gasteiger partial charge in [0.15, 0.2) is 0 Å². The fraction of sp³-hybridized carbons (Fsp3) is 0.759. The van der Waals surface area contributed by atoms with Gasteiger partial charge in [0.25, 0.3) is 10.1 Å². The highest BCUT2D eigenvalue weighted by atomic mass is 32.2. The van der Waals surface area contributed by atoms with Crippen LogP contribution in [0.3, 0.4) is 0 Å². The van der Waals surface area contributed by atoms with Gasteiger partial charge < -0.3 is 33.2 Å². The summed E-state index contributed by atoms with van der Waals surface area (Å²) in [5.74, 6) is -0.143. The van der Waals surface area contributed by atoms with E-state index in [1.165, 1.54) is 12.1 Å². The van der Waals surface area contributed by atoms with Crippen molar-refractivity contribution in [1.82, 2.24) is 0 Å². The van der Waals surface area contributed by atoms with Gasteiger partial charge in [0, 0.05) is 0 Å². The summed E-state index contributed by atoms with van der Waals surface area (Å²) in [5.41, 5.74) is 0.975. The number of carbonyl (C=O) groups excluding carboxylic acids is 1. The molecule has 0 saturated heterocycles. The highest BCUT2D eigenvalue weighted by Gasteiger charge is 2.17. The van der Waals surface area contributed by atoms with E-state index >= 15 is 0 Å². The second kappa shape index (κ2) is 24.9. The van der Waals surface area contributed by atoms with Crippen LogP contribution in [0.15, 0.2) is 29.2 Å². The van der Waals surface area contributed by atoms with Gasteiger partial charge in [0.2, 0.25) is 0 Å². The molecule has 0 bridgehead atoms. The van der Waals surface area contributed by atoms with Crippen molar-refractivity contribution in [1.29, 1.82) is 0 Å². The largest absolute Gasteiger partial charge is 0.463 e. The minimum atomic E-state index is -3.77.